The van der Waals surface area contributed by atoms with Crippen LogP contribution < -0.4 is 5.32 Å². The van der Waals surface area contributed by atoms with Crippen molar-refractivity contribution in [3.05, 3.63) is 35.3 Å². The standard InChI is InChI=1S/C16H19N3O2S/c1-11-10-22-15(17-11)12-4-6-13(7-5-12)18-16(21)19-8-2-3-14(20)9-19/h4-7,10,14,20H,2-3,8-9H2,1H3,(H,18,21). The van der Waals surface area contributed by atoms with Gasteiger partial charge in [-0.3, -0.25) is 0 Å². The Kier molecular flexibility index (Phi) is 4.40. The number of nitrogens with zero attached hydrogens (tertiary/aromatic N) is 2. The van der Waals surface area contributed by atoms with E-state index in [4.69, 9.17) is 0 Å². The van der Waals surface area contributed by atoms with Gasteiger partial charge in [-0.2, -0.15) is 0 Å². The summed E-state index contributed by atoms with van der Waals surface area (Å²) in [7, 11) is 0. The molecule has 1 fully saturated rings. The molecule has 1 unspecified atom stereocenters. The first-order valence-electron chi connectivity index (χ1n) is 7.38. The smallest absolute Gasteiger partial charge is 0.321 e. The quantitative estimate of drug-likeness (QED) is 0.894. The first-order valence-corrected chi connectivity index (χ1v) is 8.26. The molecule has 0 radical (unpaired) electrons. The fourth-order valence-electron chi connectivity index (χ4n) is 2.52. The van der Waals surface area contributed by atoms with Gasteiger partial charge in [0, 0.05) is 35.4 Å². The molecule has 1 aliphatic rings. The summed E-state index contributed by atoms with van der Waals surface area (Å²) in [6, 6.07) is 7.52. The van der Waals surface area contributed by atoms with E-state index in [1.807, 2.05) is 36.6 Å². The minimum Gasteiger partial charge on any atom is -0.391 e. The predicted molar refractivity (Wildman–Crippen MR) is 88.1 cm³/mol. The number of aromatic nitrogens is 1. The second-order valence-corrected chi connectivity index (χ2v) is 6.40. The van der Waals surface area contributed by atoms with Crippen LogP contribution in [0.3, 0.4) is 0 Å². The van der Waals surface area contributed by atoms with Crippen molar-refractivity contribution < 1.29 is 9.90 Å². The highest BCUT2D eigenvalue weighted by molar-refractivity contribution is 7.13. The number of aliphatic hydroxyl groups is 1. The molecule has 0 saturated carbocycles. The number of nitrogens with one attached hydrogen (secondary N) is 1. The van der Waals surface area contributed by atoms with E-state index in [9.17, 15) is 9.90 Å². The molecule has 2 N–H and O–H groups in total. The molecule has 2 heterocycles. The summed E-state index contributed by atoms with van der Waals surface area (Å²) in [5.41, 5.74) is 2.81. The lowest BCUT2D eigenvalue weighted by atomic mass is 10.1. The van der Waals surface area contributed by atoms with Crippen LogP contribution in [0.4, 0.5) is 10.5 Å². The Bertz CT molecular complexity index is 654. The number of thiazole rings is 1. The zero-order valence-electron chi connectivity index (χ0n) is 12.5. The monoisotopic (exact) mass is 317 g/mol. The molecule has 1 atom stereocenters. The summed E-state index contributed by atoms with van der Waals surface area (Å²) < 4.78 is 0. The van der Waals surface area contributed by atoms with Gasteiger partial charge in [-0.25, -0.2) is 9.78 Å². The average Bonchev–Trinajstić information content (AvgIpc) is 2.94. The Morgan fingerprint density at radius 2 is 2.18 bits per heavy atom. The van der Waals surface area contributed by atoms with Crippen LogP contribution in [0.2, 0.25) is 0 Å². The molecule has 3 rings (SSSR count). The summed E-state index contributed by atoms with van der Waals surface area (Å²) in [5, 5.41) is 15.5. The minimum absolute atomic E-state index is 0.156. The Morgan fingerprint density at radius 1 is 1.41 bits per heavy atom. The minimum atomic E-state index is -0.407. The van der Waals surface area contributed by atoms with Crippen molar-refractivity contribution in [3.63, 3.8) is 0 Å². The second-order valence-electron chi connectivity index (χ2n) is 5.54. The van der Waals surface area contributed by atoms with Crippen LogP contribution in [0, 0.1) is 6.92 Å². The van der Waals surface area contributed by atoms with E-state index in [1.165, 1.54) is 0 Å². The largest absolute Gasteiger partial charge is 0.391 e. The number of amides is 2. The Morgan fingerprint density at radius 3 is 2.82 bits per heavy atom. The van der Waals surface area contributed by atoms with Crippen LogP contribution in [-0.2, 0) is 0 Å². The number of carbonyl (C=O) groups is 1. The number of hydrogen-bond donors (Lipinski definition) is 2. The molecule has 2 aromatic rings. The van der Waals surface area contributed by atoms with E-state index >= 15 is 0 Å². The highest BCUT2D eigenvalue weighted by atomic mass is 32.1. The zero-order chi connectivity index (χ0) is 15.5. The lowest BCUT2D eigenvalue weighted by molar-refractivity contribution is 0.0883. The van der Waals surface area contributed by atoms with Crippen molar-refractivity contribution in [2.24, 2.45) is 0 Å². The molecule has 2 amide bonds. The molecule has 6 heteroatoms. The second kappa shape index (κ2) is 6.46. The van der Waals surface area contributed by atoms with Gasteiger partial charge in [0.15, 0.2) is 0 Å². The van der Waals surface area contributed by atoms with E-state index in [0.29, 0.717) is 13.1 Å². The topological polar surface area (TPSA) is 65.5 Å². The van der Waals surface area contributed by atoms with Gasteiger partial charge < -0.3 is 15.3 Å². The highest BCUT2D eigenvalue weighted by Crippen LogP contribution is 2.25. The summed E-state index contributed by atoms with van der Waals surface area (Å²) in [6.07, 6.45) is 1.21. The molecule has 0 bridgehead atoms. The van der Waals surface area contributed by atoms with Crippen molar-refractivity contribution in [3.8, 4) is 10.6 Å². The number of likely N-dealkylation sites (tertiary alicyclic amines) is 1. The fourth-order valence-corrected chi connectivity index (χ4v) is 3.33. The molecule has 1 aromatic carbocycles. The summed E-state index contributed by atoms with van der Waals surface area (Å²) in [4.78, 5) is 18.3. The predicted octanol–water partition coefficient (Wildman–Crippen LogP) is 3.11. The van der Waals surface area contributed by atoms with Gasteiger partial charge in [0.05, 0.1) is 6.10 Å². The maximum absolute atomic E-state index is 12.2. The van der Waals surface area contributed by atoms with Gasteiger partial charge in [0.25, 0.3) is 0 Å². The number of anilines is 1. The molecule has 1 aliphatic heterocycles. The lowest BCUT2D eigenvalue weighted by Gasteiger charge is -2.30. The molecule has 116 valence electrons. The van der Waals surface area contributed by atoms with Gasteiger partial charge in [-0.1, -0.05) is 0 Å². The number of hydrogen-bond acceptors (Lipinski definition) is 4. The Balaban J connectivity index is 1.64. The lowest BCUT2D eigenvalue weighted by Crippen LogP contribution is -2.44. The van der Waals surface area contributed by atoms with Crippen molar-refractivity contribution in [2.45, 2.75) is 25.9 Å². The zero-order valence-corrected chi connectivity index (χ0v) is 13.3. The van der Waals surface area contributed by atoms with Gasteiger partial charge in [0.2, 0.25) is 0 Å². The molecule has 1 saturated heterocycles. The van der Waals surface area contributed by atoms with Crippen molar-refractivity contribution in [1.29, 1.82) is 0 Å². The third kappa shape index (κ3) is 3.45. The summed E-state index contributed by atoms with van der Waals surface area (Å²) in [6.45, 7) is 3.07. The number of aliphatic hydroxyl groups excluding tert-OH is 1. The van der Waals surface area contributed by atoms with Crippen LogP contribution in [0.15, 0.2) is 29.6 Å². The number of urea groups is 1. The summed E-state index contributed by atoms with van der Waals surface area (Å²) in [5.74, 6) is 0. The number of β-amino-alcohol motifs (C(OH)–C–C–N with tert-alkyl or cyclic N) is 1. The van der Waals surface area contributed by atoms with E-state index < -0.39 is 6.10 Å². The van der Waals surface area contributed by atoms with Crippen LogP contribution in [0.5, 0.6) is 0 Å². The molecule has 5 nitrogen and oxygen atoms in total. The van der Waals surface area contributed by atoms with E-state index in [0.717, 1.165) is 34.8 Å². The van der Waals surface area contributed by atoms with Crippen LogP contribution in [0.25, 0.3) is 10.6 Å². The Hall–Kier alpha value is -1.92. The van der Waals surface area contributed by atoms with Crippen LogP contribution >= 0.6 is 11.3 Å². The maximum atomic E-state index is 12.2. The van der Waals surface area contributed by atoms with Gasteiger partial charge in [-0.05, 0) is 44.0 Å². The normalized spacial score (nSPS) is 18.3. The molecule has 0 aliphatic carbocycles. The number of carbonyl (C=O) groups excluding carboxylic acids is 1. The molecular weight excluding hydrogens is 298 g/mol. The molecule has 0 spiro atoms. The van der Waals surface area contributed by atoms with Crippen molar-refractivity contribution in [1.82, 2.24) is 9.88 Å². The molecule has 22 heavy (non-hydrogen) atoms. The van der Waals surface area contributed by atoms with E-state index in [2.05, 4.69) is 10.3 Å². The first-order chi connectivity index (χ1) is 10.6. The third-order valence-corrected chi connectivity index (χ3v) is 4.70. The van der Waals surface area contributed by atoms with Gasteiger partial charge in [0.1, 0.15) is 5.01 Å². The van der Waals surface area contributed by atoms with E-state index in [1.54, 1.807) is 16.2 Å². The first kappa shape index (κ1) is 15.0. The maximum Gasteiger partial charge on any atom is 0.321 e. The number of aryl methyl sites for hydroxylation is 1. The number of piperidine rings is 1. The third-order valence-electron chi connectivity index (χ3n) is 3.69. The van der Waals surface area contributed by atoms with Crippen LogP contribution in [0.1, 0.15) is 18.5 Å². The highest BCUT2D eigenvalue weighted by Gasteiger charge is 2.21. The summed E-state index contributed by atoms with van der Waals surface area (Å²) >= 11 is 1.61. The van der Waals surface area contributed by atoms with Crippen LogP contribution in [-0.4, -0.2) is 40.2 Å². The average molecular weight is 317 g/mol. The molecular formula is C16H19N3O2S. The fraction of sp³-hybridized carbons (Fsp3) is 0.375. The van der Waals surface area contributed by atoms with Crippen molar-refractivity contribution >= 4 is 23.1 Å². The van der Waals surface area contributed by atoms with Gasteiger partial charge >= 0.3 is 6.03 Å². The molecule has 1 aromatic heterocycles. The van der Waals surface area contributed by atoms with Gasteiger partial charge in [-0.15, -0.1) is 11.3 Å². The van der Waals surface area contributed by atoms with E-state index in [-0.39, 0.29) is 6.03 Å². The number of benzene rings is 1. The SMILES string of the molecule is Cc1csc(-c2ccc(NC(=O)N3CCCC(O)C3)cc2)n1. The number of rotatable bonds is 2. The Labute approximate surface area is 133 Å². The van der Waals surface area contributed by atoms with Crippen molar-refractivity contribution in [2.75, 3.05) is 18.4 Å².